The molecule has 1 heterocycles. The zero-order chi connectivity index (χ0) is 12.1. The summed E-state index contributed by atoms with van der Waals surface area (Å²) in [5.74, 6) is 0.848. The van der Waals surface area contributed by atoms with Crippen molar-refractivity contribution in [1.29, 1.82) is 0 Å². The van der Waals surface area contributed by atoms with Gasteiger partial charge in [-0.1, -0.05) is 36.8 Å². The zero-order valence-electron chi connectivity index (χ0n) is 11.1. The maximum absolute atomic E-state index is 3.46. The second kappa shape index (κ2) is 6.18. The summed E-state index contributed by atoms with van der Waals surface area (Å²) in [5.41, 5.74) is 2.79. The molecule has 0 aromatic heterocycles. The third-order valence-corrected chi connectivity index (χ3v) is 3.58. The van der Waals surface area contributed by atoms with Gasteiger partial charge in [0.2, 0.25) is 0 Å². The molecule has 1 fully saturated rings. The van der Waals surface area contributed by atoms with Gasteiger partial charge in [-0.25, -0.2) is 0 Å². The van der Waals surface area contributed by atoms with E-state index in [1.165, 1.54) is 37.2 Å². The molecule has 0 saturated carbocycles. The van der Waals surface area contributed by atoms with Crippen molar-refractivity contribution in [3.05, 3.63) is 35.4 Å². The van der Waals surface area contributed by atoms with E-state index in [4.69, 9.17) is 0 Å². The quantitative estimate of drug-likeness (QED) is 0.839. The van der Waals surface area contributed by atoms with Crippen molar-refractivity contribution in [3.8, 4) is 0 Å². The van der Waals surface area contributed by atoms with E-state index in [1.807, 2.05) is 0 Å². The van der Waals surface area contributed by atoms with Gasteiger partial charge in [0.25, 0.3) is 0 Å². The number of benzene rings is 1. The van der Waals surface area contributed by atoms with Crippen molar-refractivity contribution in [2.24, 2.45) is 5.92 Å². The Morgan fingerprint density at radius 2 is 2.06 bits per heavy atom. The van der Waals surface area contributed by atoms with Crippen LogP contribution < -0.4 is 5.32 Å². The predicted octanol–water partition coefficient (Wildman–Crippen LogP) is 2.43. The molecule has 1 saturated heterocycles. The first-order chi connectivity index (χ1) is 8.28. The van der Waals surface area contributed by atoms with Crippen LogP contribution in [0.2, 0.25) is 0 Å². The molecule has 1 aromatic carbocycles. The van der Waals surface area contributed by atoms with Crippen LogP contribution in [-0.2, 0) is 6.54 Å². The lowest BCUT2D eigenvalue weighted by Gasteiger charge is -2.16. The van der Waals surface area contributed by atoms with Gasteiger partial charge in [0.15, 0.2) is 0 Å². The van der Waals surface area contributed by atoms with Crippen LogP contribution in [0.15, 0.2) is 24.3 Å². The number of rotatable bonds is 5. The standard InChI is InChI=1S/C15H24N2/c1-3-16-10-15-8-9-17(12-15)11-14-6-4-13(2)5-7-14/h4-7,15-16H,3,8-12H2,1-2H3. The molecule has 0 amide bonds. The van der Waals surface area contributed by atoms with E-state index in [9.17, 15) is 0 Å². The Labute approximate surface area is 105 Å². The maximum Gasteiger partial charge on any atom is 0.0233 e. The second-order valence-electron chi connectivity index (χ2n) is 5.18. The van der Waals surface area contributed by atoms with E-state index in [-0.39, 0.29) is 0 Å². The van der Waals surface area contributed by atoms with Crippen molar-refractivity contribution >= 4 is 0 Å². The molecule has 0 radical (unpaired) electrons. The summed E-state index contributed by atoms with van der Waals surface area (Å²) < 4.78 is 0. The Morgan fingerprint density at radius 3 is 2.76 bits per heavy atom. The van der Waals surface area contributed by atoms with E-state index in [0.717, 1.165) is 19.0 Å². The van der Waals surface area contributed by atoms with Gasteiger partial charge in [-0.15, -0.1) is 0 Å². The summed E-state index contributed by atoms with van der Waals surface area (Å²) in [7, 11) is 0. The molecule has 17 heavy (non-hydrogen) atoms. The van der Waals surface area contributed by atoms with E-state index < -0.39 is 0 Å². The van der Waals surface area contributed by atoms with Gasteiger partial charge in [-0.2, -0.15) is 0 Å². The summed E-state index contributed by atoms with van der Waals surface area (Å²) in [5, 5.41) is 3.46. The van der Waals surface area contributed by atoms with Crippen molar-refractivity contribution in [1.82, 2.24) is 10.2 Å². The number of hydrogen-bond donors (Lipinski definition) is 1. The molecule has 1 unspecified atom stereocenters. The highest BCUT2D eigenvalue weighted by Crippen LogP contribution is 2.18. The van der Waals surface area contributed by atoms with Crippen LogP contribution in [0.4, 0.5) is 0 Å². The molecule has 1 aromatic rings. The highest BCUT2D eigenvalue weighted by molar-refractivity contribution is 5.21. The molecule has 2 rings (SSSR count). The predicted molar refractivity (Wildman–Crippen MR) is 73.1 cm³/mol. The molecule has 1 atom stereocenters. The SMILES string of the molecule is CCNCC1CCN(Cc2ccc(C)cc2)C1. The molecule has 94 valence electrons. The fourth-order valence-electron chi connectivity index (χ4n) is 2.52. The van der Waals surface area contributed by atoms with Crippen LogP contribution in [0, 0.1) is 12.8 Å². The van der Waals surface area contributed by atoms with Gasteiger partial charge in [0.1, 0.15) is 0 Å². The summed E-state index contributed by atoms with van der Waals surface area (Å²) >= 11 is 0. The number of nitrogens with zero attached hydrogens (tertiary/aromatic N) is 1. The number of aryl methyl sites for hydroxylation is 1. The first-order valence-electron chi connectivity index (χ1n) is 6.76. The molecule has 1 N–H and O–H groups in total. The first kappa shape index (κ1) is 12.6. The van der Waals surface area contributed by atoms with E-state index >= 15 is 0 Å². The Morgan fingerprint density at radius 1 is 1.29 bits per heavy atom. The minimum absolute atomic E-state index is 0.848. The maximum atomic E-state index is 3.46. The molecule has 2 nitrogen and oxygen atoms in total. The summed E-state index contributed by atoms with van der Waals surface area (Å²) in [4.78, 5) is 2.58. The lowest BCUT2D eigenvalue weighted by molar-refractivity contribution is 0.314. The molecule has 0 aliphatic carbocycles. The van der Waals surface area contributed by atoms with E-state index in [0.29, 0.717) is 0 Å². The third-order valence-electron chi connectivity index (χ3n) is 3.58. The average Bonchev–Trinajstić information content (AvgIpc) is 2.77. The summed E-state index contributed by atoms with van der Waals surface area (Å²) in [6.45, 7) is 10.2. The molecular formula is C15H24N2. The molecule has 1 aliphatic heterocycles. The minimum atomic E-state index is 0.848. The molecule has 0 bridgehead atoms. The summed E-state index contributed by atoms with van der Waals surface area (Å²) in [6, 6.07) is 8.93. The molecular weight excluding hydrogens is 208 g/mol. The van der Waals surface area contributed by atoms with Gasteiger partial charge >= 0.3 is 0 Å². The summed E-state index contributed by atoms with van der Waals surface area (Å²) in [6.07, 6.45) is 1.35. The lowest BCUT2D eigenvalue weighted by Crippen LogP contribution is -2.26. The van der Waals surface area contributed by atoms with Crippen molar-refractivity contribution in [2.45, 2.75) is 26.8 Å². The highest BCUT2D eigenvalue weighted by Gasteiger charge is 2.21. The smallest absolute Gasteiger partial charge is 0.0233 e. The van der Waals surface area contributed by atoms with E-state index in [2.05, 4.69) is 48.3 Å². The first-order valence-corrected chi connectivity index (χ1v) is 6.76. The Balaban J connectivity index is 1.79. The Hall–Kier alpha value is -0.860. The Bertz CT molecular complexity index is 331. The van der Waals surface area contributed by atoms with Crippen LogP contribution in [0.3, 0.4) is 0 Å². The number of likely N-dealkylation sites (tertiary alicyclic amines) is 1. The van der Waals surface area contributed by atoms with Crippen LogP contribution in [0.1, 0.15) is 24.5 Å². The molecule has 2 heteroatoms. The van der Waals surface area contributed by atoms with Crippen molar-refractivity contribution in [2.75, 3.05) is 26.2 Å². The topological polar surface area (TPSA) is 15.3 Å². The fourth-order valence-corrected chi connectivity index (χ4v) is 2.52. The fraction of sp³-hybridized carbons (Fsp3) is 0.600. The van der Waals surface area contributed by atoms with Crippen LogP contribution >= 0.6 is 0 Å². The third kappa shape index (κ3) is 3.83. The van der Waals surface area contributed by atoms with Gasteiger partial charge in [0.05, 0.1) is 0 Å². The van der Waals surface area contributed by atoms with Gasteiger partial charge < -0.3 is 5.32 Å². The number of nitrogens with one attached hydrogen (secondary N) is 1. The largest absolute Gasteiger partial charge is 0.317 e. The second-order valence-corrected chi connectivity index (χ2v) is 5.18. The zero-order valence-corrected chi connectivity index (χ0v) is 11.1. The van der Waals surface area contributed by atoms with Crippen LogP contribution in [0.25, 0.3) is 0 Å². The Kier molecular flexibility index (Phi) is 4.57. The van der Waals surface area contributed by atoms with Crippen molar-refractivity contribution in [3.63, 3.8) is 0 Å². The van der Waals surface area contributed by atoms with Gasteiger partial charge in [0, 0.05) is 13.1 Å². The average molecular weight is 232 g/mol. The van der Waals surface area contributed by atoms with E-state index in [1.54, 1.807) is 0 Å². The molecule has 0 spiro atoms. The number of hydrogen-bond acceptors (Lipinski definition) is 2. The van der Waals surface area contributed by atoms with Crippen molar-refractivity contribution < 1.29 is 0 Å². The highest BCUT2D eigenvalue weighted by atomic mass is 15.1. The normalized spacial score (nSPS) is 20.9. The van der Waals surface area contributed by atoms with Gasteiger partial charge in [-0.3, -0.25) is 4.90 Å². The van der Waals surface area contributed by atoms with Crippen LogP contribution in [0.5, 0.6) is 0 Å². The lowest BCUT2D eigenvalue weighted by atomic mass is 10.1. The monoisotopic (exact) mass is 232 g/mol. The minimum Gasteiger partial charge on any atom is -0.317 e. The molecule has 1 aliphatic rings. The van der Waals surface area contributed by atoms with Crippen LogP contribution in [-0.4, -0.2) is 31.1 Å². The van der Waals surface area contributed by atoms with Gasteiger partial charge in [-0.05, 0) is 44.5 Å².